The second kappa shape index (κ2) is 4.34. The standard InChI is InChI=1S/C12H15NO2/c1-2-15-11-7-3-5-9-10(14)6-4-8-13-12(9)11/h3,5,7,13H,2,4,6,8H2,1H3. The summed E-state index contributed by atoms with van der Waals surface area (Å²) in [7, 11) is 0. The van der Waals surface area contributed by atoms with Gasteiger partial charge in [-0.1, -0.05) is 6.07 Å². The van der Waals surface area contributed by atoms with Crippen molar-refractivity contribution in [2.24, 2.45) is 0 Å². The number of anilines is 1. The second-order valence-electron chi connectivity index (χ2n) is 3.57. The van der Waals surface area contributed by atoms with Gasteiger partial charge in [0.2, 0.25) is 0 Å². The van der Waals surface area contributed by atoms with Gasteiger partial charge >= 0.3 is 0 Å². The fourth-order valence-corrected chi connectivity index (χ4v) is 1.82. The zero-order chi connectivity index (χ0) is 10.7. The van der Waals surface area contributed by atoms with E-state index in [1.54, 1.807) is 0 Å². The molecule has 0 spiro atoms. The number of Topliss-reactive ketones (excluding diaryl/α,β-unsaturated/α-hetero) is 1. The predicted molar refractivity (Wildman–Crippen MR) is 59.7 cm³/mol. The Bertz CT molecular complexity index is 374. The second-order valence-corrected chi connectivity index (χ2v) is 3.57. The number of ether oxygens (including phenoxy) is 1. The first kappa shape index (κ1) is 10.0. The van der Waals surface area contributed by atoms with Crippen molar-refractivity contribution in [1.82, 2.24) is 0 Å². The zero-order valence-corrected chi connectivity index (χ0v) is 8.88. The lowest BCUT2D eigenvalue weighted by Crippen LogP contribution is -2.04. The smallest absolute Gasteiger partial charge is 0.165 e. The summed E-state index contributed by atoms with van der Waals surface area (Å²) in [6.45, 7) is 3.40. The topological polar surface area (TPSA) is 38.3 Å². The molecule has 0 saturated carbocycles. The van der Waals surface area contributed by atoms with E-state index >= 15 is 0 Å². The lowest BCUT2D eigenvalue weighted by molar-refractivity contribution is 0.0983. The lowest BCUT2D eigenvalue weighted by Gasteiger charge is -2.12. The first-order chi connectivity index (χ1) is 7.33. The van der Waals surface area contributed by atoms with E-state index < -0.39 is 0 Å². The molecule has 80 valence electrons. The van der Waals surface area contributed by atoms with Gasteiger partial charge in [-0.2, -0.15) is 0 Å². The van der Waals surface area contributed by atoms with Crippen LogP contribution in [0.2, 0.25) is 0 Å². The molecule has 0 amide bonds. The maximum Gasteiger partial charge on any atom is 0.165 e. The Morgan fingerprint density at radius 1 is 1.47 bits per heavy atom. The third-order valence-electron chi connectivity index (χ3n) is 2.51. The van der Waals surface area contributed by atoms with Crippen LogP contribution in [-0.4, -0.2) is 18.9 Å². The van der Waals surface area contributed by atoms with E-state index in [9.17, 15) is 4.79 Å². The summed E-state index contributed by atoms with van der Waals surface area (Å²) in [5.41, 5.74) is 1.63. The van der Waals surface area contributed by atoms with E-state index in [0.717, 1.165) is 30.0 Å². The number of carbonyl (C=O) groups excluding carboxylic acids is 1. The molecule has 0 saturated heterocycles. The van der Waals surface area contributed by atoms with Gasteiger partial charge in [-0.15, -0.1) is 0 Å². The van der Waals surface area contributed by atoms with Crippen LogP contribution in [0.5, 0.6) is 5.75 Å². The Balaban J connectivity index is 2.43. The molecular weight excluding hydrogens is 190 g/mol. The molecule has 0 unspecified atom stereocenters. The highest BCUT2D eigenvalue weighted by Gasteiger charge is 2.17. The number of rotatable bonds is 2. The first-order valence-corrected chi connectivity index (χ1v) is 5.36. The van der Waals surface area contributed by atoms with E-state index in [-0.39, 0.29) is 5.78 Å². The van der Waals surface area contributed by atoms with E-state index in [1.165, 1.54) is 0 Å². The fraction of sp³-hybridized carbons (Fsp3) is 0.417. The summed E-state index contributed by atoms with van der Waals surface area (Å²) in [6, 6.07) is 5.63. The molecule has 0 fully saturated rings. The molecule has 0 bridgehead atoms. The van der Waals surface area contributed by atoms with Crippen LogP contribution in [0.15, 0.2) is 18.2 Å². The van der Waals surface area contributed by atoms with Gasteiger partial charge in [0.25, 0.3) is 0 Å². The van der Waals surface area contributed by atoms with Gasteiger partial charge in [0.1, 0.15) is 5.75 Å². The quantitative estimate of drug-likeness (QED) is 0.806. The van der Waals surface area contributed by atoms with Crippen LogP contribution in [0.25, 0.3) is 0 Å². The number of hydrogen-bond donors (Lipinski definition) is 1. The van der Waals surface area contributed by atoms with Gasteiger partial charge in [-0.3, -0.25) is 4.79 Å². The number of fused-ring (bicyclic) bond motifs is 1. The van der Waals surface area contributed by atoms with Crippen LogP contribution in [0.4, 0.5) is 5.69 Å². The Hall–Kier alpha value is -1.51. The van der Waals surface area contributed by atoms with Crippen molar-refractivity contribution in [2.45, 2.75) is 19.8 Å². The van der Waals surface area contributed by atoms with E-state index in [2.05, 4.69) is 5.32 Å². The molecule has 1 heterocycles. The maximum absolute atomic E-state index is 11.8. The number of nitrogens with one attached hydrogen (secondary N) is 1. The molecule has 1 aliphatic rings. The van der Waals surface area contributed by atoms with Crippen LogP contribution in [0.3, 0.4) is 0 Å². The number of para-hydroxylation sites is 1. The van der Waals surface area contributed by atoms with Crippen molar-refractivity contribution in [3.05, 3.63) is 23.8 Å². The average Bonchev–Trinajstić information content (AvgIpc) is 2.43. The number of carbonyl (C=O) groups is 1. The molecule has 0 aromatic heterocycles. The molecule has 0 aliphatic carbocycles. The van der Waals surface area contributed by atoms with E-state index in [0.29, 0.717) is 13.0 Å². The SMILES string of the molecule is CCOc1cccc2c1NCCCC2=O. The van der Waals surface area contributed by atoms with Gasteiger partial charge < -0.3 is 10.1 Å². The molecule has 2 rings (SSSR count). The van der Waals surface area contributed by atoms with Crippen molar-refractivity contribution in [2.75, 3.05) is 18.5 Å². The molecule has 3 nitrogen and oxygen atoms in total. The van der Waals surface area contributed by atoms with Gasteiger partial charge in [0, 0.05) is 18.5 Å². The van der Waals surface area contributed by atoms with Crippen LogP contribution < -0.4 is 10.1 Å². The third-order valence-corrected chi connectivity index (χ3v) is 2.51. The highest BCUT2D eigenvalue weighted by Crippen LogP contribution is 2.31. The molecule has 1 aliphatic heterocycles. The number of ketones is 1. The number of hydrogen-bond acceptors (Lipinski definition) is 3. The van der Waals surface area contributed by atoms with Crippen molar-refractivity contribution < 1.29 is 9.53 Å². The third kappa shape index (κ3) is 1.96. The highest BCUT2D eigenvalue weighted by molar-refractivity contribution is 6.03. The minimum atomic E-state index is 0.205. The largest absolute Gasteiger partial charge is 0.492 e. The maximum atomic E-state index is 11.8. The van der Waals surface area contributed by atoms with Crippen molar-refractivity contribution in [3.63, 3.8) is 0 Å². The van der Waals surface area contributed by atoms with Crippen molar-refractivity contribution in [1.29, 1.82) is 0 Å². The van der Waals surface area contributed by atoms with Gasteiger partial charge in [-0.25, -0.2) is 0 Å². The van der Waals surface area contributed by atoms with E-state index in [4.69, 9.17) is 4.74 Å². The highest BCUT2D eigenvalue weighted by atomic mass is 16.5. The van der Waals surface area contributed by atoms with E-state index in [1.807, 2.05) is 25.1 Å². The zero-order valence-electron chi connectivity index (χ0n) is 8.88. The molecule has 3 heteroatoms. The lowest BCUT2D eigenvalue weighted by atomic mass is 10.1. The normalized spacial score (nSPS) is 15.1. The monoisotopic (exact) mass is 205 g/mol. The first-order valence-electron chi connectivity index (χ1n) is 5.36. The van der Waals surface area contributed by atoms with Crippen LogP contribution >= 0.6 is 0 Å². The molecule has 1 aromatic rings. The summed E-state index contributed by atoms with van der Waals surface area (Å²) < 4.78 is 5.49. The minimum absolute atomic E-state index is 0.205. The minimum Gasteiger partial charge on any atom is -0.492 e. The molecule has 15 heavy (non-hydrogen) atoms. The van der Waals surface area contributed by atoms with Gasteiger partial charge in [-0.05, 0) is 25.5 Å². The Morgan fingerprint density at radius 2 is 2.33 bits per heavy atom. The molecule has 0 radical (unpaired) electrons. The Morgan fingerprint density at radius 3 is 3.13 bits per heavy atom. The molecule has 1 N–H and O–H groups in total. The van der Waals surface area contributed by atoms with Crippen LogP contribution in [0.1, 0.15) is 30.1 Å². The average molecular weight is 205 g/mol. The molecular formula is C12H15NO2. The summed E-state index contributed by atoms with van der Waals surface area (Å²) >= 11 is 0. The fourth-order valence-electron chi connectivity index (χ4n) is 1.82. The van der Waals surface area contributed by atoms with Gasteiger partial charge in [0.05, 0.1) is 12.3 Å². The Kier molecular flexibility index (Phi) is 2.90. The summed E-state index contributed by atoms with van der Waals surface area (Å²) in [6.07, 6.45) is 1.51. The van der Waals surface area contributed by atoms with Gasteiger partial charge in [0.15, 0.2) is 5.78 Å². The van der Waals surface area contributed by atoms with Crippen LogP contribution in [0, 0.1) is 0 Å². The summed E-state index contributed by atoms with van der Waals surface area (Å²) in [4.78, 5) is 11.8. The van der Waals surface area contributed by atoms with Crippen molar-refractivity contribution >= 4 is 11.5 Å². The molecule has 0 atom stereocenters. The van der Waals surface area contributed by atoms with Crippen LogP contribution in [-0.2, 0) is 0 Å². The summed E-state index contributed by atoms with van der Waals surface area (Å²) in [5.74, 6) is 0.988. The van der Waals surface area contributed by atoms with Crippen molar-refractivity contribution in [3.8, 4) is 5.75 Å². The predicted octanol–water partition coefficient (Wildman–Crippen LogP) is 2.47. The summed E-state index contributed by atoms with van der Waals surface area (Å²) in [5, 5.41) is 3.26. The Labute approximate surface area is 89.4 Å². The number of benzene rings is 1. The molecule has 1 aromatic carbocycles.